The summed E-state index contributed by atoms with van der Waals surface area (Å²) < 4.78 is 0. The van der Waals surface area contributed by atoms with Crippen molar-refractivity contribution in [3.05, 3.63) is 30.3 Å². The fourth-order valence-corrected chi connectivity index (χ4v) is 3.37. The van der Waals surface area contributed by atoms with Crippen LogP contribution in [-0.4, -0.2) is 28.6 Å². The van der Waals surface area contributed by atoms with Crippen LogP contribution in [0.1, 0.15) is 33.1 Å². The summed E-state index contributed by atoms with van der Waals surface area (Å²) in [7, 11) is 0. The van der Waals surface area contributed by atoms with Crippen molar-refractivity contribution < 1.29 is 4.79 Å². The minimum atomic E-state index is 0.00736. The van der Waals surface area contributed by atoms with E-state index >= 15 is 0 Å². The normalized spacial score (nSPS) is 21.7. The Morgan fingerprint density at radius 2 is 2.06 bits per heavy atom. The molecule has 0 aliphatic carbocycles. The molecule has 1 aliphatic heterocycles. The molecule has 0 aromatic heterocycles. The lowest BCUT2D eigenvalue weighted by Crippen LogP contribution is -2.45. The van der Waals surface area contributed by atoms with Crippen molar-refractivity contribution in [2.45, 2.75) is 49.3 Å². The van der Waals surface area contributed by atoms with Gasteiger partial charge in [0.05, 0.1) is 5.25 Å². The Labute approximate surface area is 114 Å². The van der Waals surface area contributed by atoms with Crippen LogP contribution in [0.25, 0.3) is 0 Å². The number of likely N-dealkylation sites (tertiary alicyclic amines) is 1. The molecule has 1 aromatic rings. The van der Waals surface area contributed by atoms with Gasteiger partial charge in [-0.1, -0.05) is 18.2 Å². The van der Waals surface area contributed by atoms with Gasteiger partial charge in [-0.05, 0) is 45.2 Å². The zero-order valence-corrected chi connectivity index (χ0v) is 12.0. The number of benzene rings is 1. The first-order chi connectivity index (χ1) is 8.68. The van der Waals surface area contributed by atoms with E-state index in [1.807, 2.05) is 25.1 Å². The van der Waals surface area contributed by atoms with Crippen LogP contribution in [0.4, 0.5) is 0 Å². The fraction of sp³-hybridized carbons (Fsp3) is 0.533. The van der Waals surface area contributed by atoms with Crippen LogP contribution < -0.4 is 0 Å². The van der Waals surface area contributed by atoms with Gasteiger partial charge in [0.25, 0.3) is 0 Å². The van der Waals surface area contributed by atoms with Crippen molar-refractivity contribution in [2.75, 3.05) is 6.54 Å². The van der Waals surface area contributed by atoms with Crippen molar-refractivity contribution >= 4 is 17.7 Å². The van der Waals surface area contributed by atoms with E-state index in [4.69, 9.17) is 0 Å². The monoisotopic (exact) mass is 263 g/mol. The molecular formula is C15H21NOS. The molecule has 0 radical (unpaired) electrons. The number of amides is 1. The van der Waals surface area contributed by atoms with Crippen molar-refractivity contribution in [3.63, 3.8) is 0 Å². The Morgan fingerprint density at radius 1 is 1.33 bits per heavy atom. The summed E-state index contributed by atoms with van der Waals surface area (Å²) in [5.74, 6) is 0.288. The number of rotatable bonds is 3. The minimum absolute atomic E-state index is 0.00736. The first kappa shape index (κ1) is 13.5. The number of hydrogen-bond donors (Lipinski definition) is 0. The number of hydrogen-bond acceptors (Lipinski definition) is 2. The third kappa shape index (κ3) is 3.29. The van der Waals surface area contributed by atoms with E-state index < -0.39 is 0 Å². The number of thioether (sulfide) groups is 1. The van der Waals surface area contributed by atoms with Gasteiger partial charge in [-0.3, -0.25) is 4.79 Å². The van der Waals surface area contributed by atoms with Crippen LogP contribution in [-0.2, 0) is 4.79 Å². The lowest BCUT2D eigenvalue weighted by atomic mass is 10.0. The van der Waals surface area contributed by atoms with E-state index in [0.29, 0.717) is 6.04 Å². The van der Waals surface area contributed by atoms with E-state index in [2.05, 4.69) is 24.0 Å². The molecule has 0 N–H and O–H groups in total. The third-order valence-electron chi connectivity index (χ3n) is 3.49. The highest BCUT2D eigenvalue weighted by Gasteiger charge is 2.27. The first-order valence-corrected chi connectivity index (χ1v) is 7.58. The van der Waals surface area contributed by atoms with Crippen LogP contribution >= 0.6 is 11.8 Å². The summed E-state index contributed by atoms with van der Waals surface area (Å²) in [4.78, 5) is 15.6. The Balaban J connectivity index is 1.96. The summed E-state index contributed by atoms with van der Waals surface area (Å²) in [5, 5.41) is 0.00736. The zero-order valence-electron chi connectivity index (χ0n) is 11.1. The van der Waals surface area contributed by atoms with Crippen molar-refractivity contribution in [1.29, 1.82) is 0 Å². The van der Waals surface area contributed by atoms with Gasteiger partial charge in [0, 0.05) is 17.5 Å². The molecule has 1 amide bonds. The molecule has 2 nitrogen and oxygen atoms in total. The van der Waals surface area contributed by atoms with Gasteiger partial charge < -0.3 is 4.90 Å². The number of piperidine rings is 1. The fourth-order valence-electron chi connectivity index (χ4n) is 2.41. The van der Waals surface area contributed by atoms with Crippen LogP contribution in [0, 0.1) is 0 Å². The lowest BCUT2D eigenvalue weighted by molar-refractivity contribution is -0.133. The first-order valence-electron chi connectivity index (χ1n) is 6.70. The maximum Gasteiger partial charge on any atom is 0.236 e. The molecule has 2 rings (SSSR count). The third-order valence-corrected chi connectivity index (χ3v) is 4.59. The second-order valence-electron chi connectivity index (χ2n) is 4.95. The molecular weight excluding hydrogens is 242 g/mol. The topological polar surface area (TPSA) is 20.3 Å². The van der Waals surface area contributed by atoms with E-state index in [0.717, 1.165) is 19.4 Å². The maximum absolute atomic E-state index is 12.4. The molecule has 1 saturated heterocycles. The smallest absolute Gasteiger partial charge is 0.236 e. The second-order valence-corrected chi connectivity index (χ2v) is 6.36. The number of nitrogens with zero attached hydrogens (tertiary/aromatic N) is 1. The molecule has 3 heteroatoms. The Morgan fingerprint density at radius 3 is 2.72 bits per heavy atom. The number of carbonyl (C=O) groups is 1. The van der Waals surface area contributed by atoms with Gasteiger partial charge in [-0.25, -0.2) is 0 Å². The predicted octanol–water partition coefficient (Wildman–Crippen LogP) is 3.57. The summed E-state index contributed by atoms with van der Waals surface area (Å²) in [6.45, 7) is 5.11. The summed E-state index contributed by atoms with van der Waals surface area (Å²) in [6.07, 6.45) is 3.55. The molecule has 1 aliphatic rings. The van der Waals surface area contributed by atoms with E-state index in [9.17, 15) is 4.79 Å². The summed E-state index contributed by atoms with van der Waals surface area (Å²) >= 11 is 1.66. The van der Waals surface area contributed by atoms with Gasteiger partial charge in [0.2, 0.25) is 5.91 Å². The molecule has 18 heavy (non-hydrogen) atoms. The molecule has 2 atom stereocenters. The largest absolute Gasteiger partial charge is 0.339 e. The molecule has 0 spiro atoms. The predicted molar refractivity (Wildman–Crippen MR) is 76.8 cm³/mol. The summed E-state index contributed by atoms with van der Waals surface area (Å²) in [5.41, 5.74) is 0. The number of carbonyl (C=O) groups excluding carboxylic acids is 1. The van der Waals surface area contributed by atoms with Crippen molar-refractivity contribution in [3.8, 4) is 0 Å². The van der Waals surface area contributed by atoms with E-state index in [1.165, 1.54) is 11.3 Å². The highest BCUT2D eigenvalue weighted by atomic mass is 32.2. The summed E-state index contributed by atoms with van der Waals surface area (Å²) in [6, 6.07) is 10.6. The quantitative estimate of drug-likeness (QED) is 0.777. The average molecular weight is 263 g/mol. The highest BCUT2D eigenvalue weighted by molar-refractivity contribution is 8.00. The van der Waals surface area contributed by atoms with Gasteiger partial charge in [-0.15, -0.1) is 11.8 Å². The lowest BCUT2D eigenvalue weighted by Gasteiger charge is -2.35. The van der Waals surface area contributed by atoms with Crippen LogP contribution in [0.3, 0.4) is 0 Å². The zero-order chi connectivity index (χ0) is 13.0. The van der Waals surface area contributed by atoms with Gasteiger partial charge >= 0.3 is 0 Å². The standard InChI is InChI=1S/C15H21NOS/c1-12-8-6-7-11-16(12)15(17)13(2)18-14-9-4-3-5-10-14/h3-5,9-10,12-13H,6-8,11H2,1-2H3. The molecule has 0 bridgehead atoms. The van der Waals surface area contributed by atoms with Gasteiger partial charge in [-0.2, -0.15) is 0 Å². The molecule has 2 unspecified atom stereocenters. The van der Waals surface area contributed by atoms with E-state index in [-0.39, 0.29) is 11.2 Å². The van der Waals surface area contributed by atoms with Crippen molar-refractivity contribution in [1.82, 2.24) is 4.90 Å². The van der Waals surface area contributed by atoms with Crippen molar-refractivity contribution in [2.24, 2.45) is 0 Å². The Kier molecular flexibility index (Phi) is 4.70. The van der Waals surface area contributed by atoms with Gasteiger partial charge in [0.15, 0.2) is 0 Å². The van der Waals surface area contributed by atoms with Crippen LogP contribution in [0.15, 0.2) is 35.2 Å². The second kappa shape index (κ2) is 6.28. The Hall–Kier alpha value is -0.960. The molecule has 1 fully saturated rings. The molecule has 0 saturated carbocycles. The van der Waals surface area contributed by atoms with Crippen LogP contribution in [0.5, 0.6) is 0 Å². The SMILES string of the molecule is CC(Sc1ccccc1)C(=O)N1CCCCC1C. The van der Waals surface area contributed by atoms with Crippen LogP contribution in [0.2, 0.25) is 0 Å². The Bertz CT molecular complexity index is 393. The highest BCUT2D eigenvalue weighted by Crippen LogP contribution is 2.26. The van der Waals surface area contributed by atoms with E-state index in [1.54, 1.807) is 11.8 Å². The maximum atomic E-state index is 12.4. The molecule has 1 aromatic carbocycles. The molecule has 1 heterocycles. The minimum Gasteiger partial charge on any atom is -0.339 e. The molecule has 98 valence electrons. The van der Waals surface area contributed by atoms with Gasteiger partial charge in [0.1, 0.15) is 0 Å². The average Bonchev–Trinajstić information content (AvgIpc) is 2.39.